The molecule has 0 spiro atoms. The number of para-hydroxylation sites is 1. The van der Waals surface area contributed by atoms with Crippen molar-refractivity contribution in [2.75, 3.05) is 32.4 Å². The molecule has 38 heavy (non-hydrogen) atoms. The van der Waals surface area contributed by atoms with Crippen molar-refractivity contribution in [2.45, 2.75) is 32.9 Å². The molecule has 3 heterocycles. The molecule has 9 nitrogen and oxygen atoms in total. The second-order valence-corrected chi connectivity index (χ2v) is 12.8. The molecule has 0 aliphatic carbocycles. The number of rotatable bonds is 4. The third kappa shape index (κ3) is 5.38. The zero-order valence-electron chi connectivity index (χ0n) is 22.0. The van der Waals surface area contributed by atoms with Crippen LogP contribution in [0.1, 0.15) is 26.3 Å². The molecule has 2 aromatic carbocycles. The van der Waals surface area contributed by atoms with Crippen LogP contribution in [0.3, 0.4) is 0 Å². The Bertz CT molecular complexity index is 1690. The predicted molar refractivity (Wildman–Crippen MR) is 149 cm³/mol. The predicted octanol–water partition coefficient (Wildman–Crippen LogP) is 4.01. The maximum atomic E-state index is 13.4. The van der Waals surface area contributed by atoms with Crippen LogP contribution >= 0.6 is 0 Å². The normalized spacial score (nSPS) is 15.8. The summed E-state index contributed by atoms with van der Waals surface area (Å²) in [5.74, 6) is 0. The van der Waals surface area contributed by atoms with Crippen LogP contribution in [-0.2, 0) is 21.3 Å². The van der Waals surface area contributed by atoms with Crippen LogP contribution in [0, 0.1) is 0 Å². The maximum absolute atomic E-state index is 13.4. The van der Waals surface area contributed by atoms with Crippen molar-refractivity contribution in [3.63, 3.8) is 0 Å². The number of benzene rings is 2. The minimum atomic E-state index is -3.19. The smallest absolute Gasteiger partial charge is 0.419 e. The maximum Gasteiger partial charge on any atom is 0.419 e. The Morgan fingerprint density at radius 1 is 0.974 bits per heavy atom. The number of ether oxygens (including phenoxy) is 1. The summed E-state index contributed by atoms with van der Waals surface area (Å²) >= 11 is 0. The Morgan fingerprint density at radius 2 is 1.68 bits per heavy atom. The van der Waals surface area contributed by atoms with Crippen LogP contribution in [0.5, 0.6) is 0 Å². The van der Waals surface area contributed by atoms with Crippen LogP contribution in [0.15, 0.2) is 59.4 Å². The number of H-pyrrole nitrogens is 1. The number of nitrogens with one attached hydrogen (secondary N) is 1. The summed E-state index contributed by atoms with van der Waals surface area (Å²) in [6.45, 7) is 8.28. The molecule has 4 aromatic rings. The third-order valence-electron chi connectivity index (χ3n) is 6.68. The molecule has 0 radical (unpaired) electrons. The first-order chi connectivity index (χ1) is 17.9. The highest BCUT2D eigenvalue weighted by atomic mass is 32.2. The highest BCUT2D eigenvalue weighted by Crippen LogP contribution is 2.30. The molecule has 0 saturated carbocycles. The van der Waals surface area contributed by atoms with Crippen molar-refractivity contribution in [1.29, 1.82) is 0 Å². The van der Waals surface area contributed by atoms with Gasteiger partial charge in [-0.25, -0.2) is 17.8 Å². The number of carbonyl (C=O) groups is 1. The minimum Gasteiger partial charge on any atom is -0.443 e. The second kappa shape index (κ2) is 9.68. The summed E-state index contributed by atoms with van der Waals surface area (Å²) in [5.41, 5.74) is 2.23. The number of carbonyl (C=O) groups excluding carboxylic acids is 1. The van der Waals surface area contributed by atoms with E-state index in [1.165, 1.54) is 15.1 Å². The number of hydrogen-bond donors (Lipinski definition) is 1. The van der Waals surface area contributed by atoms with E-state index in [1.807, 2.05) is 48.5 Å². The lowest BCUT2D eigenvalue weighted by Crippen LogP contribution is -2.47. The van der Waals surface area contributed by atoms with E-state index < -0.39 is 21.7 Å². The lowest BCUT2D eigenvalue weighted by atomic mass is 10.1. The standard InChI is InChI=1S/C28H32N4O5S/c1-28(2,3)37-27(34)32-24-10-9-19(18-30-11-13-31(14-12-30)38(4,35)36)15-21(24)17-25(32)22-16-20-7-5-6-8-23(20)29-26(22)33/h5-10,15-17H,11-14,18H2,1-4H3,(H,29,33). The zero-order chi connectivity index (χ0) is 27.2. The number of hydrogen-bond acceptors (Lipinski definition) is 6. The third-order valence-corrected chi connectivity index (χ3v) is 7.98. The number of aromatic amines is 1. The van der Waals surface area contributed by atoms with Crippen molar-refractivity contribution in [3.8, 4) is 11.3 Å². The van der Waals surface area contributed by atoms with Gasteiger partial charge in [0, 0.05) is 43.6 Å². The van der Waals surface area contributed by atoms with Gasteiger partial charge in [0.15, 0.2) is 0 Å². The van der Waals surface area contributed by atoms with E-state index in [-0.39, 0.29) is 5.56 Å². The van der Waals surface area contributed by atoms with Gasteiger partial charge in [-0.2, -0.15) is 4.31 Å². The van der Waals surface area contributed by atoms with Crippen LogP contribution < -0.4 is 5.56 Å². The lowest BCUT2D eigenvalue weighted by molar-refractivity contribution is 0.0547. The summed E-state index contributed by atoms with van der Waals surface area (Å²) < 4.78 is 32.3. The molecule has 1 N–H and O–H groups in total. The molecule has 1 fully saturated rings. The number of nitrogens with zero attached hydrogens (tertiary/aromatic N) is 3. The lowest BCUT2D eigenvalue weighted by Gasteiger charge is -2.33. The molecule has 5 rings (SSSR count). The molecule has 200 valence electrons. The van der Waals surface area contributed by atoms with Gasteiger partial charge in [0.2, 0.25) is 10.0 Å². The number of sulfonamides is 1. The van der Waals surface area contributed by atoms with Crippen LogP contribution in [-0.4, -0.2) is 71.3 Å². The van der Waals surface area contributed by atoms with E-state index in [2.05, 4.69) is 9.88 Å². The van der Waals surface area contributed by atoms with Crippen molar-refractivity contribution in [1.82, 2.24) is 18.8 Å². The van der Waals surface area contributed by atoms with Gasteiger partial charge in [-0.05, 0) is 62.1 Å². The summed E-state index contributed by atoms with van der Waals surface area (Å²) in [7, 11) is -3.19. The van der Waals surface area contributed by atoms with Crippen LogP contribution in [0.4, 0.5) is 4.79 Å². The topological polar surface area (TPSA) is 105 Å². The number of aromatic nitrogens is 2. The van der Waals surface area contributed by atoms with Gasteiger partial charge in [0.25, 0.3) is 5.56 Å². The van der Waals surface area contributed by atoms with E-state index in [4.69, 9.17) is 4.74 Å². The zero-order valence-corrected chi connectivity index (χ0v) is 22.8. The monoisotopic (exact) mass is 536 g/mol. The molecule has 0 unspecified atom stereocenters. The molecule has 1 aliphatic rings. The van der Waals surface area contributed by atoms with Gasteiger partial charge >= 0.3 is 6.09 Å². The first-order valence-corrected chi connectivity index (χ1v) is 14.4. The van der Waals surface area contributed by atoms with Gasteiger partial charge in [-0.15, -0.1) is 0 Å². The molecular formula is C28H32N4O5S. The van der Waals surface area contributed by atoms with Crippen LogP contribution in [0.2, 0.25) is 0 Å². The molecule has 0 bridgehead atoms. The number of piperazine rings is 1. The van der Waals surface area contributed by atoms with Gasteiger partial charge in [0.1, 0.15) is 5.60 Å². The molecule has 0 atom stereocenters. The van der Waals surface area contributed by atoms with Crippen molar-refractivity contribution >= 4 is 37.9 Å². The summed E-state index contributed by atoms with van der Waals surface area (Å²) in [5, 5.41) is 1.67. The highest BCUT2D eigenvalue weighted by molar-refractivity contribution is 7.88. The first kappa shape index (κ1) is 26.1. The van der Waals surface area contributed by atoms with E-state index in [0.717, 1.165) is 21.9 Å². The molecule has 2 aromatic heterocycles. The van der Waals surface area contributed by atoms with Gasteiger partial charge in [-0.3, -0.25) is 9.69 Å². The van der Waals surface area contributed by atoms with E-state index in [1.54, 1.807) is 26.8 Å². The number of fused-ring (bicyclic) bond motifs is 2. The summed E-state index contributed by atoms with van der Waals surface area (Å²) in [4.78, 5) is 31.6. The molecule has 1 aliphatic heterocycles. The Morgan fingerprint density at radius 3 is 2.37 bits per heavy atom. The molecule has 1 saturated heterocycles. The van der Waals surface area contributed by atoms with Crippen molar-refractivity contribution in [3.05, 3.63) is 70.5 Å². The molecule has 0 amide bonds. The quantitative estimate of drug-likeness (QED) is 0.423. The SMILES string of the molecule is CC(C)(C)OC(=O)n1c(-c2cc3ccccc3[nH]c2=O)cc2cc(CN3CCN(S(C)(=O)=O)CC3)ccc21. The van der Waals surface area contributed by atoms with Crippen molar-refractivity contribution in [2.24, 2.45) is 0 Å². The Labute approximate surface area is 221 Å². The Hall–Kier alpha value is -3.47. The second-order valence-electron chi connectivity index (χ2n) is 10.8. The summed E-state index contributed by atoms with van der Waals surface area (Å²) in [6, 6.07) is 17.0. The average Bonchev–Trinajstić information content (AvgIpc) is 3.21. The largest absolute Gasteiger partial charge is 0.443 e. The van der Waals surface area contributed by atoms with E-state index in [9.17, 15) is 18.0 Å². The molecule has 10 heteroatoms. The van der Waals surface area contributed by atoms with Crippen LogP contribution in [0.25, 0.3) is 33.1 Å². The fraction of sp³-hybridized carbons (Fsp3) is 0.357. The first-order valence-electron chi connectivity index (χ1n) is 12.6. The Kier molecular flexibility index (Phi) is 6.66. The van der Waals surface area contributed by atoms with E-state index >= 15 is 0 Å². The van der Waals surface area contributed by atoms with Gasteiger partial charge < -0.3 is 9.72 Å². The fourth-order valence-electron chi connectivity index (χ4n) is 4.88. The summed E-state index contributed by atoms with van der Waals surface area (Å²) in [6.07, 6.45) is 0.684. The average molecular weight is 537 g/mol. The number of pyridine rings is 1. The van der Waals surface area contributed by atoms with Gasteiger partial charge in [-0.1, -0.05) is 24.3 Å². The minimum absolute atomic E-state index is 0.291. The Balaban J connectivity index is 1.54. The fourth-order valence-corrected chi connectivity index (χ4v) is 5.71. The molecular weight excluding hydrogens is 504 g/mol. The van der Waals surface area contributed by atoms with Gasteiger partial charge in [0.05, 0.1) is 23.0 Å². The van der Waals surface area contributed by atoms with E-state index in [0.29, 0.717) is 49.5 Å². The highest BCUT2D eigenvalue weighted by Gasteiger charge is 2.26. The van der Waals surface area contributed by atoms with Crippen molar-refractivity contribution < 1.29 is 17.9 Å².